The van der Waals surface area contributed by atoms with Crippen molar-refractivity contribution >= 4 is 0 Å². The van der Waals surface area contributed by atoms with Gasteiger partial charge in [0.1, 0.15) is 0 Å². The molecule has 0 N–H and O–H groups in total. The van der Waals surface area contributed by atoms with Crippen molar-refractivity contribution in [3.8, 4) is 0 Å². The van der Waals surface area contributed by atoms with Crippen LogP contribution in [0.4, 0.5) is 0 Å². The molecule has 2 heteroatoms. The van der Waals surface area contributed by atoms with Crippen LogP contribution in [0.2, 0.25) is 0 Å². The molecule has 0 aliphatic carbocycles. The highest BCUT2D eigenvalue weighted by molar-refractivity contribution is 4.68. The first-order valence-corrected chi connectivity index (χ1v) is 6.90. The fraction of sp³-hybridized carbons (Fsp3) is 1.00. The van der Waals surface area contributed by atoms with Gasteiger partial charge < -0.3 is 9.80 Å². The van der Waals surface area contributed by atoms with Crippen LogP contribution in [0.5, 0.6) is 0 Å². The van der Waals surface area contributed by atoms with Gasteiger partial charge in [-0.25, -0.2) is 0 Å². The van der Waals surface area contributed by atoms with Crippen LogP contribution < -0.4 is 0 Å². The maximum absolute atomic E-state index is 2.70. The van der Waals surface area contributed by atoms with Crippen molar-refractivity contribution in [3.05, 3.63) is 0 Å². The van der Waals surface area contributed by atoms with Gasteiger partial charge in [-0.15, -0.1) is 0 Å². The van der Waals surface area contributed by atoms with Crippen molar-refractivity contribution in [2.45, 2.75) is 44.9 Å². The Labute approximate surface area is 94.6 Å². The van der Waals surface area contributed by atoms with Crippen molar-refractivity contribution in [1.82, 2.24) is 9.80 Å². The van der Waals surface area contributed by atoms with Gasteiger partial charge in [0.15, 0.2) is 0 Å². The van der Waals surface area contributed by atoms with Crippen LogP contribution >= 0.6 is 0 Å². The van der Waals surface area contributed by atoms with Gasteiger partial charge in [-0.2, -0.15) is 0 Å². The molecule has 2 aliphatic rings. The molecule has 2 heterocycles. The van der Waals surface area contributed by atoms with E-state index in [9.17, 15) is 0 Å². The zero-order chi connectivity index (χ0) is 10.3. The Balaban J connectivity index is 1.90. The number of nitrogens with zero attached hydrogens (tertiary/aromatic N) is 2. The van der Waals surface area contributed by atoms with E-state index in [1.165, 1.54) is 84.2 Å². The summed E-state index contributed by atoms with van der Waals surface area (Å²) < 4.78 is 0. The smallest absolute Gasteiger partial charge is 0.000655 e. The molecule has 2 fully saturated rings. The van der Waals surface area contributed by atoms with E-state index in [-0.39, 0.29) is 0 Å². The lowest BCUT2D eigenvalue weighted by molar-refractivity contribution is 0.188. The number of hydrogen-bond donors (Lipinski definition) is 0. The molecule has 2 saturated heterocycles. The third-order valence-electron chi connectivity index (χ3n) is 3.85. The second kappa shape index (κ2) is 6.49. The quantitative estimate of drug-likeness (QED) is 0.605. The summed E-state index contributed by atoms with van der Waals surface area (Å²) in [7, 11) is 0. The first-order valence-electron chi connectivity index (χ1n) is 6.90. The summed E-state index contributed by atoms with van der Waals surface area (Å²) in [5.74, 6) is 0. The summed E-state index contributed by atoms with van der Waals surface area (Å²) in [6.45, 7) is 8.13. The third kappa shape index (κ3) is 4.12. The number of rotatable bonds is 0. The largest absolute Gasteiger partial charge is 0.303 e. The SMILES string of the molecule is C1CCN2CCCCCN(CC1)CCC2. The van der Waals surface area contributed by atoms with E-state index in [1.807, 2.05) is 0 Å². The van der Waals surface area contributed by atoms with Crippen molar-refractivity contribution in [1.29, 1.82) is 0 Å². The molecule has 2 bridgehead atoms. The topological polar surface area (TPSA) is 6.48 Å². The minimum absolute atomic E-state index is 1.34. The standard InChI is InChI=1S/C13H26N2/c1-3-8-14-10-5-2-6-11-15(9-4-1)13-7-12-14/h1-13H2. The first kappa shape index (κ1) is 11.4. The maximum Gasteiger partial charge on any atom is -0.000655 e. The van der Waals surface area contributed by atoms with Gasteiger partial charge in [-0.05, 0) is 71.4 Å². The maximum atomic E-state index is 2.70. The van der Waals surface area contributed by atoms with Crippen LogP contribution in [0.3, 0.4) is 0 Å². The Hall–Kier alpha value is -0.0800. The van der Waals surface area contributed by atoms with E-state index < -0.39 is 0 Å². The summed E-state index contributed by atoms with van der Waals surface area (Å²) >= 11 is 0. The second-order valence-corrected chi connectivity index (χ2v) is 5.16. The van der Waals surface area contributed by atoms with Crippen molar-refractivity contribution in [2.75, 3.05) is 39.3 Å². The van der Waals surface area contributed by atoms with E-state index in [1.54, 1.807) is 0 Å². The molecule has 0 saturated carbocycles. The van der Waals surface area contributed by atoms with E-state index >= 15 is 0 Å². The molecule has 15 heavy (non-hydrogen) atoms. The summed E-state index contributed by atoms with van der Waals surface area (Å²) in [5, 5.41) is 0. The number of hydrogen-bond acceptors (Lipinski definition) is 2. The highest BCUT2D eigenvalue weighted by Gasteiger charge is 2.12. The van der Waals surface area contributed by atoms with Crippen LogP contribution in [-0.2, 0) is 0 Å². The fourth-order valence-electron chi connectivity index (χ4n) is 2.88. The van der Waals surface area contributed by atoms with Gasteiger partial charge in [-0.1, -0.05) is 12.8 Å². The van der Waals surface area contributed by atoms with Gasteiger partial charge in [-0.3, -0.25) is 0 Å². The highest BCUT2D eigenvalue weighted by Crippen LogP contribution is 2.11. The van der Waals surface area contributed by atoms with E-state index in [0.29, 0.717) is 0 Å². The lowest BCUT2D eigenvalue weighted by Crippen LogP contribution is -2.35. The average molecular weight is 210 g/mol. The minimum atomic E-state index is 1.34. The van der Waals surface area contributed by atoms with Crippen molar-refractivity contribution < 1.29 is 0 Å². The molecule has 2 nitrogen and oxygen atoms in total. The van der Waals surface area contributed by atoms with Crippen LogP contribution in [0.25, 0.3) is 0 Å². The molecular formula is C13H26N2. The third-order valence-corrected chi connectivity index (χ3v) is 3.85. The molecule has 2 aliphatic heterocycles. The van der Waals surface area contributed by atoms with Gasteiger partial charge in [0.05, 0.1) is 0 Å². The molecule has 88 valence electrons. The van der Waals surface area contributed by atoms with Gasteiger partial charge in [0.25, 0.3) is 0 Å². The lowest BCUT2D eigenvalue weighted by Gasteiger charge is -2.29. The van der Waals surface area contributed by atoms with Gasteiger partial charge >= 0.3 is 0 Å². The summed E-state index contributed by atoms with van der Waals surface area (Å²) in [6, 6.07) is 0. The monoisotopic (exact) mass is 210 g/mol. The summed E-state index contributed by atoms with van der Waals surface area (Å²) in [5.41, 5.74) is 0. The Bertz CT molecular complexity index is 140. The fourth-order valence-corrected chi connectivity index (χ4v) is 2.88. The van der Waals surface area contributed by atoms with Crippen LogP contribution in [-0.4, -0.2) is 49.1 Å². The second-order valence-electron chi connectivity index (χ2n) is 5.16. The van der Waals surface area contributed by atoms with Crippen LogP contribution in [0.1, 0.15) is 44.9 Å². The molecule has 0 radical (unpaired) electrons. The van der Waals surface area contributed by atoms with Crippen molar-refractivity contribution in [2.24, 2.45) is 0 Å². The molecule has 0 aromatic heterocycles. The van der Waals surface area contributed by atoms with Gasteiger partial charge in [0.2, 0.25) is 0 Å². The molecule has 0 unspecified atom stereocenters. The normalized spacial score (nSPS) is 35.2. The Kier molecular flexibility index (Phi) is 4.94. The Morgan fingerprint density at radius 3 is 1.07 bits per heavy atom. The number of fused-ring (bicyclic) bond motifs is 4. The summed E-state index contributed by atoms with van der Waals surface area (Å²) in [6.07, 6.45) is 9.96. The van der Waals surface area contributed by atoms with Crippen LogP contribution in [0.15, 0.2) is 0 Å². The Morgan fingerprint density at radius 2 is 0.667 bits per heavy atom. The van der Waals surface area contributed by atoms with E-state index in [2.05, 4.69) is 9.80 Å². The molecule has 2 rings (SSSR count). The van der Waals surface area contributed by atoms with Gasteiger partial charge in [0, 0.05) is 0 Å². The highest BCUT2D eigenvalue weighted by atomic mass is 15.1. The lowest BCUT2D eigenvalue weighted by atomic mass is 10.1. The average Bonchev–Trinajstić information content (AvgIpc) is 2.26. The Morgan fingerprint density at radius 1 is 0.333 bits per heavy atom. The molecule has 0 aromatic rings. The van der Waals surface area contributed by atoms with Crippen molar-refractivity contribution in [3.63, 3.8) is 0 Å². The van der Waals surface area contributed by atoms with Crippen LogP contribution in [0, 0.1) is 0 Å². The van der Waals surface area contributed by atoms with E-state index in [4.69, 9.17) is 0 Å². The molecule has 0 aromatic carbocycles. The first-order chi connectivity index (χ1) is 7.45. The predicted molar refractivity (Wildman–Crippen MR) is 65.2 cm³/mol. The molecule has 0 spiro atoms. The zero-order valence-corrected chi connectivity index (χ0v) is 10.1. The molecule has 0 atom stereocenters. The summed E-state index contributed by atoms with van der Waals surface area (Å²) in [4.78, 5) is 5.41. The minimum Gasteiger partial charge on any atom is -0.303 e. The predicted octanol–water partition coefficient (Wildman–Crippen LogP) is 2.35. The molecule has 0 amide bonds. The van der Waals surface area contributed by atoms with E-state index in [0.717, 1.165) is 0 Å². The zero-order valence-electron chi connectivity index (χ0n) is 10.1. The molecular weight excluding hydrogens is 184 g/mol.